The van der Waals surface area contributed by atoms with Crippen LogP contribution in [0.1, 0.15) is 32.6 Å². The predicted molar refractivity (Wildman–Crippen MR) is 58.4 cm³/mol. The van der Waals surface area contributed by atoms with E-state index in [4.69, 9.17) is 0 Å². The normalized spacial score (nSPS) is 26.5. The van der Waals surface area contributed by atoms with Gasteiger partial charge in [-0.1, -0.05) is 24.9 Å². The number of aromatic nitrogens is 4. The Balaban J connectivity index is 1.77. The largest absolute Gasteiger partial charge is 0.353 e. The Morgan fingerprint density at radius 2 is 2.07 bits per heavy atom. The molecule has 0 amide bonds. The third kappa shape index (κ3) is 2.67. The van der Waals surface area contributed by atoms with Crippen LogP contribution in [0.2, 0.25) is 0 Å². The number of tetrazole rings is 1. The number of hydrogen-bond donors (Lipinski definition) is 1. The summed E-state index contributed by atoms with van der Waals surface area (Å²) in [5, 5.41) is 14.6. The number of nitrogens with one attached hydrogen (secondary N) is 1. The zero-order valence-corrected chi connectivity index (χ0v) is 9.48. The maximum atomic E-state index is 3.91. The lowest BCUT2D eigenvalue weighted by molar-refractivity contribution is 0.300. The summed E-state index contributed by atoms with van der Waals surface area (Å²) in [5.74, 6) is 2.48. The molecule has 1 aliphatic carbocycles. The van der Waals surface area contributed by atoms with E-state index in [0.29, 0.717) is 0 Å². The van der Waals surface area contributed by atoms with Gasteiger partial charge >= 0.3 is 0 Å². The zero-order chi connectivity index (χ0) is 10.7. The summed E-state index contributed by atoms with van der Waals surface area (Å²) < 4.78 is 1.67. The number of hydrogen-bond acceptors (Lipinski definition) is 4. The molecule has 0 bridgehead atoms. The summed E-state index contributed by atoms with van der Waals surface area (Å²) in [5.41, 5.74) is 0. The van der Waals surface area contributed by atoms with Gasteiger partial charge in [-0.15, -0.1) is 0 Å². The number of rotatable bonds is 3. The minimum absolute atomic E-state index is 0.772. The van der Waals surface area contributed by atoms with E-state index in [1.54, 1.807) is 4.68 Å². The third-order valence-electron chi connectivity index (χ3n) is 3.30. The smallest absolute Gasteiger partial charge is 0.242 e. The summed E-state index contributed by atoms with van der Waals surface area (Å²) in [6.07, 6.45) is 5.39. The highest BCUT2D eigenvalue weighted by atomic mass is 15.6. The van der Waals surface area contributed by atoms with Crippen LogP contribution in [-0.4, -0.2) is 26.8 Å². The molecule has 1 aliphatic rings. The van der Waals surface area contributed by atoms with E-state index in [0.717, 1.165) is 24.3 Å². The van der Waals surface area contributed by atoms with E-state index in [1.807, 2.05) is 7.05 Å². The van der Waals surface area contributed by atoms with Crippen LogP contribution in [0.15, 0.2) is 0 Å². The fraction of sp³-hybridized carbons (Fsp3) is 0.900. The monoisotopic (exact) mass is 209 g/mol. The van der Waals surface area contributed by atoms with Crippen molar-refractivity contribution in [2.75, 3.05) is 11.9 Å². The van der Waals surface area contributed by atoms with Crippen molar-refractivity contribution < 1.29 is 0 Å². The molecule has 5 nitrogen and oxygen atoms in total. The highest BCUT2D eigenvalue weighted by molar-refractivity contribution is 5.20. The first-order chi connectivity index (χ1) is 7.25. The number of anilines is 1. The molecule has 1 heterocycles. The molecule has 1 N–H and O–H groups in total. The van der Waals surface area contributed by atoms with Crippen LogP contribution in [0.5, 0.6) is 0 Å². The van der Waals surface area contributed by atoms with Crippen molar-refractivity contribution in [1.29, 1.82) is 0 Å². The van der Waals surface area contributed by atoms with Crippen molar-refractivity contribution in [3.05, 3.63) is 0 Å². The molecule has 0 spiro atoms. The quantitative estimate of drug-likeness (QED) is 0.818. The van der Waals surface area contributed by atoms with E-state index in [2.05, 4.69) is 27.8 Å². The second-order valence-corrected chi connectivity index (χ2v) is 4.63. The van der Waals surface area contributed by atoms with E-state index >= 15 is 0 Å². The lowest BCUT2D eigenvalue weighted by Crippen LogP contribution is -2.21. The SMILES string of the molecule is CC1CCC(CNc2nnnn2C)CC1. The fourth-order valence-electron chi connectivity index (χ4n) is 2.15. The van der Waals surface area contributed by atoms with Crippen LogP contribution in [0.3, 0.4) is 0 Å². The van der Waals surface area contributed by atoms with Crippen molar-refractivity contribution in [3.8, 4) is 0 Å². The minimum Gasteiger partial charge on any atom is -0.353 e. The van der Waals surface area contributed by atoms with Gasteiger partial charge in [-0.05, 0) is 35.1 Å². The number of aryl methyl sites for hydroxylation is 1. The minimum atomic E-state index is 0.772. The molecule has 0 atom stereocenters. The predicted octanol–water partition coefficient (Wildman–Crippen LogP) is 1.45. The van der Waals surface area contributed by atoms with Crippen molar-refractivity contribution in [1.82, 2.24) is 20.2 Å². The number of nitrogens with zero attached hydrogens (tertiary/aromatic N) is 4. The van der Waals surface area contributed by atoms with Gasteiger partial charge in [0.25, 0.3) is 0 Å². The molecule has 5 heteroatoms. The molecule has 84 valence electrons. The van der Waals surface area contributed by atoms with E-state index in [1.165, 1.54) is 25.7 Å². The van der Waals surface area contributed by atoms with Gasteiger partial charge in [0.15, 0.2) is 0 Å². The van der Waals surface area contributed by atoms with Gasteiger partial charge in [0, 0.05) is 13.6 Å². The van der Waals surface area contributed by atoms with Gasteiger partial charge < -0.3 is 5.32 Å². The maximum Gasteiger partial charge on any atom is 0.242 e. The maximum absolute atomic E-state index is 3.91. The Bertz CT molecular complexity index is 301. The van der Waals surface area contributed by atoms with Crippen molar-refractivity contribution in [2.24, 2.45) is 18.9 Å². The molecule has 15 heavy (non-hydrogen) atoms. The molecule has 1 saturated carbocycles. The summed E-state index contributed by atoms with van der Waals surface area (Å²) in [4.78, 5) is 0. The van der Waals surface area contributed by atoms with Crippen LogP contribution in [0, 0.1) is 11.8 Å². The van der Waals surface area contributed by atoms with E-state index < -0.39 is 0 Å². The Kier molecular flexibility index (Phi) is 3.18. The molecular formula is C10H19N5. The molecule has 0 saturated heterocycles. The molecule has 0 aliphatic heterocycles. The van der Waals surface area contributed by atoms with Gasteiger partial charge in [0.2, 0.25) is 5.95 Å². The average Bonchev–Trinajstić information content (AvgIpc) is 2.63. The van der Waals surface area contributed by atoms with Gasteiger partial charge in [-0.2, -0.15) is 0 Å². The Morgan fingerprint density at radius 1 is 1.33 bits per heavy atom. The van der Waals surface area contributed by atoms with Crippen LogP contribution in [-0.2, 0) is 7.05 Å². The van der Waals surface area contributed by atoms with Gasteiger partial charge in [-0.25, -0.2) is 4.68 Å². The molecule has 0 radical (unpaired) electrons. The van der Waals surface area contributed by atoms with Crippen LogP contribution < -0.4 is 5.32 Å². The first-order valence-electron chi connectivity index (χ1n) is 5.72. The summed E-state index contributed by atoms with van der Waals surface area (Å²) >= 11 is 0. The van der Waals surface area contributed by atoms with Crippen molar-refractivity contribution in [2.45, 2.75) is 32.6 Å². The molecule has 0 aromatic carbocycles. The molecule has 1 fully saturated rings. The van der Waals surface area contributed by atoms with Gasteiger partial charge in [0.05, 0.1) is 0 Å². The topological polar surface area (TPSA) is 55.6 Å². The van der Waals surface area contributed by atoms with Gasteiger partial charge in [-0.3, -0.25) is 0 Å². The molecule has 2 rings (SSSR count). The van der Waals surface area contributed by atoms with Crippen molar-refractivity contribution in [3.63, 3.8) is 0 Å². The lowest BCUT2D eigenvalue weighted by Gasteiger charge is -2.26. The summed E-state index contributed by atoms with van der Waals surface area (Å²) in [7, 11) is 1.85. The van der Waals surface area contributed by atoms with Crippen LogP contribution in [0.25, 0.3) is 0 Å². The summed E-state index contributed by atoms with van der Waals surface area (Å²) in [6.45, 7) is 3.34. The molecular weight excluding hydrogens is 190 g/mol. The molecule has 1 aromatic rings. The van der Waals surface area contributed by atoms with Gasteiger partial charge in [0.1, 0.15) is 0 Å². The Morgan fingerprint density at radius 3 is 2.67 bits per heavy atom. The highest BCUT2D eigenvalue weighted by Gasteiger charge is 2.18. The first kappa shape index (κ1) is 10.4. The first-order valence-corrected chi connectivity index (χ1v) is 5.72. The summed E-state index contributed by atoms with van der Waals surface area (Å²) in [6, 6.07) is 0. The third-order valence-corrected chi connectivity index (χ3v) is 3.30. The lowest BCUT2D eigenvalue weighted by atomic mass is 9.83. The zero-order valence-electron chi connectivity index (χ0n) is 9.48. The highest BCUT2D eigenvalue weighted by Crippen LogP contribution is 2.28. The second kappa shape index (κ2) is 4.59. The van der Waals surface area contributed by atoms with Crippen LogP contribution >= 0.6 is 0 Å². The Labute approximate surface area is 90.2 Å². The van der Waals surface area contributed by atoms with E-state index in [9.17, 15) is 0 Å². The van der Waals surface area contributed by atoms with E-state index in [-0.39, 0.29) is 0 Å². The molecule has 0 unspecified atom stereocenters. The average molecular weight is 209 g/mol. The molecule has 1 aromatic heterocycles. The van der Waals surface area contributed by atoms with Crippen molar-refractivity contribution >= 4 is 5.95 Å². The van der Waals surface area contributed by atoms with Crippen LogP contribution in [0.4, 0.5) is 5.95 Å². The Hall–Kier alpha value is -1.13. The fourth-order valence-corrected chi connectivity index (χ4v) is 2.15. The second-order valence-electron chi connectivity index (χ2n) is 4.63. The standard InChI is InChI=1S/C10H19N5/c1-8-3-5-9(6-4-8)7-11-10-12-13-14-15(10)2/h8-9H,3-7H2,1-2H3,(H,11,12,14).